The molecule has 1 aliphatic rings. The van der Waals surface area contributed by atoms with Crippen molar-refractivity contribution < 1.29 is 19.5 Å². The first kappa shape index (κ1) is 23.3. The summed E-state index contributed by atoms with van der Waals surface area (Å²) in [6.07, 6.45) is 2.27. The zero-order valence-electron chi connectivity index (χ0n) is 18.7. The van der Waals surface area contributed by atoms with Crippen molar-refractivity contribution in [1.29, 1.82) is 0 Å². The second kappa shape index (κ2) is 10.3. The summed E-state index contributed by atoms with van der Waals surface area (Å²) in [4.78, 5) is 48.6. The molecule has 2 atom stereocenters. The van der Waals surface area contributed by atoms with E-state index in [-0.39, 0.29) is 11.8 Å². The van der Waals surface area contributed by atoms with Crippen molar-refractivity contribution in [3.8, 4) is 0 Å². The second-order valence-electron chi connectivity index (χ2n) is 8.60. The topological polar surface area (TPSA) is 119 Å². The average molecular weight is 442 g/mol. The van der Waals surface area contributed by atoms with Gasteiger partial charge in [-0.05, 0) is 24.8 Å². The van der Waals surface area contributed by atoms with E-state index in [1.54, 1.807) is 11.2 Å². The van der Waals surface area contributed by atoms with Gasteiger partial charge in [0.25, 0.3) is 0 Å². The van der Waals surface area contributed by atoms with E-state index in [0.717, 1.165) is 17.0 Å². The zero-order valence-corrected chi connectivity index (χ0v) is 18.7. The molecular formula is C23H31N5O4. The molecule has 1 saturated heterocycles. The lowest BCUT2D eigenvalue weighted by atomic mass is 10.0. The fourth-order valence-electron chi connectivity index (χ4n) is 3.93. The number of carbonyl (C=O) groups is 3. The van der Waals surface area contributed by atoms with Crippen LogP contribution in [0.4, 0.5) is 4.79 Å². The molecule has 2 heterocycles. The Hall–Kier alpha value is -3.36. The molecule has 0 saturated carbocycles. The third kappa shape index (κ3) is 5.66. The fourth-order valence-corrected chi connectivity index (χ4v) is 3.93. The summed E-state index contributed by atoms with van der Waals surface area (Å²) in [5.74, 6) is -1.15. The highest BCUT2D eigenvalue weighted by atomic mass is 16.4. The Morgan fingerprint density at radius 1 is 1.25 bits per heavy atom. The number of aryl methyl sites for hydroxylation is 1. The number of nitrogens with one attached hydrogen (secondary N) is 2. The summed E-state index contributed by atoms with van der Waals surface area (Å²) in [5.41, 5.74) is 2.62. The molecule has 3 amide bonds. The van der Waals surface area contributed by atoms with Crippen molar-refractivity contribution in [2.75, 3.05) is 13.1 Å². The summed E-state index contributed by atoms with van der Waals surface area (Å²) in [7, 11) is 0. The maximum atomic E-state index is 13.4. The van der Waals surface area contributed by atoms with Gasteiger partial charge < -0.3 is 25.2 Å². The lowest BCUT2D eigenvalue weighted by molar-refractivity contribution is -0.140. The number of imidazole rings is 1. The molecule has 0 bridgehead atoms. The number of aromatic nitrogens is 2. The minimum absolute atomic E-state index is 0.104. The minimum atomic E-state index is -1.08. The van der Waals surface area contributed by atoms with Crippen LogP contribution in [0.25, 0.3) is 0 Å². The number of amides is 3. The number of piperazine rings is 1. The van der Waals surface area contributed by atoms with Crippen LogP contribution in [0.15, 0.2) is 36.7 Å². The smallest absolute Gasteiger partial charge is 0.326 e. The summed E-state index contributed by atoms with van der Waals surface area (Å²) in [6.45, 7) is 6.73. The number of urea groups is 1. The summed E-state index contributed by atoms with van der Waals surface area (Å²) >= 11 is 0. The van der Waals surface area contributed by atoms with E-state index < -0.39 is 24.1 Å². The Balaban J connectivity index is 1.80. The number of nitrogens with zero attached hydrogens (tertiary/aromatic N) is 3. The van der Waals surface area contributed by atoms with E-state index in [0.29, 0.717) is 32.5 Å². The van der Waals surface area contributed by atoms with Crippen LogP contribution in [0.1, 0.15) is 37.2 Å². The number of carbonyl (C=O) groups excluding carboxylic acids is 2. The molecule has 9 nitrogen and oxygen atoms in total. The minimum Gasteiger partial charge on any atom is -0.480 e. The van der Waals surface area contributed by atoms with E-state index >= 15 is 0 Å². The maximum Gasteiger partial charge on any atom is 0.326 e. The normalized spacial score (nSPS) is 17.5. The fraction of sp³-hybridized carbons (Fsp3) is 0.478. The third-order valence-electron chi connectivity index (χ3n) is 5.69. The van der Waals surface area contributed by atoms with Gasteiger partial charge in [-0.25, -0.2) is 14.6 Å². The number of hydrogen-bond acceptors (Lipinski definition) is 4. The molecule has 2 aromatic rings. The van der Waals surface area contributed by atoms with Gasteiger partial charge in [0, 0.05) is 25.2 Å². The lowest BCUT2D eigenvalue weighted by Crippen LogP contribution is -2.62. The van der Waals surface area contributed by atoms with Gasteiger partial charge >= 0.3 is 12.0 Å². The predicted octanol–water partition coefficient (Wildman–Crippen LogP) is 2.18. The van der Waals surface area contributed by atoms with Gasteiger partial charge in [0.15, 0.2) is 0 Å². The highest BCUT2D eigenvalue weighted by Crippen LogP contribution is 2.20. The quantitative estimate of drug-likeness (QED) is 0.580. The Kier molecular flexibility index (Phi) is 7.50. The molecule has 3 N–H and O–H groups in total. The number of aromatic amines is 1. The van der Waals surface area contributed by atoms with Gasteiger partial charge in [0.05, 0.1) is 18.6 Å². The number of benzene rings is 1. The number of H-pyrrole nitrogens is 1. The largest absolute Gasteiger partial charge is 0.480 e. The van der Waals surface area contributed by atoms with Crippen LogP contribution in [-0.2, 0) is 22.6 Å². The van der Waals surface area contributed by atoms with Crippen LogP contribution in [-0.4, -0.2) is 68.0 Å². The van der Waals surface area contributed by atoms with Gasteiger partial charge in [-0.3, -0.25) is 4.79 Å². The van der Waals surface area contributed by atoms with Crippen LogP contribution < -0.4 is 5.32 Å². The third-order valence-corrected chi connectivity index (χ3v) is 5.69. The molecule has 1 aromatic heterocycles. The molecule has 0 aliphatic carbocycles. The molecule has 1 aromatic carbocycles. The first-order chi connectivity index (χ1) is 15.3. The Morgan fingerprint density at radius 3 is 2.56 bits per heavy atom. The molecule has 0 unspecified atom stereocenters. The van der Waals surface area contributed by atoms with Crippen LogP contribution in [0.2, 0.25) is 0 Å². The molecule has 172 valence electrons. The summed E-state index contributed by atoms with van der Waals surface area (Å²) < 4.78 is 0. The van der Waals surface area contributed by atoms with E-state index in [9.17, 15) is 19.5 Å². The van der Waals surface area contributed by atoms with Gasteiger partial charge in [-0.1, -0.05) is 44.2 Å². The number of carboxylic acids is 1. The summed E-state index contributed by atoms with van der Waals surface area (Å²) in [5, 5.41) is 12.1. The highest BCUT2D eigenvalue weighted by molar-refractivity contribution is 5.90. The van der Waals surface area contributed by atoms with Crippen LogP contribution in [0.3, 0.4) is 0 Å². The monoisotopic (exact) mass is 441 g/mol. The zero-order chi connectivity index (χ0) is 23.3. The predicted molar refractivity (Wildman–Crippen MR) is 119 cm³/mol. The van der Waals surface area contributed by atoms with Crippen molar-refractivity contribution in [3.63, 3.8) is 0 Å². The Bertz CT molecular complexity index is 943. The molecule has 0 radical (unpaired) electrons. The van der Waals surface area contributed by atoms with Crippen LogP contribution in [0.5, 0.6) is 0 Å². The molecule has 32 heavy (non-hydrogen) atoms. The maximum absolute atomic E-state index is 13.4. The lowest BCUT2D eigenvalue weighted by Gasteiger charge is -2.41. The molecule has 9 heteroatoms. The summed E-state index contributed by atoms with van der Waals surface area (Å²) in [6, 6.07) is 7.26. The van der Waals surface area contributed by atoms with E-state index in [2.05, 4.69) is 15.3 Å². The number of hydrogen-bond donors (Lipinski definition) is 3. The highest BCUT2D eigenvalue weighted by Gasteiger charge is 2.39. The Labute approximate surface area is 187 Å². The van der Waals surface area contributed by atoms with E-state index in [1.165, 1.54) is 4.90 Å². The van der Waals surface area contributed by atoms with Crippen molar-refractivity contribution in [1.82, 2.24) is 25.1 Å². The molecule has 1 fully saturated rings. The van der Waals surface area contributed by atoms with Gasteiger partial charge in [-0.15, -0.1) is 0 Å². The average Bonchev–Trinajstić information content (AvgIpc) is 3.15. The van der Waals surface area contributed by atoms with Crippen molar-refractivity contribution in [2.45, 2.75) is 52.2 Å². The number of carboxylic acid groups (broad SMARTS) is 1. The Morgan fingerprint density at radius 2 is 1.97 bits per heavy atom. The first-order valence-electron chi connectivity index (χ1n) is 10.9. The standard InChI is InChI=1S/C23H31N5O4/c1-15(2)11-18(22(30)31)26-23(32)28-10-9-27(13-19-16(3)24-14-25-19)21(29)20(28)12-17-7-5-4-6-8-17/h4-8,14-15,18,20H,9-13H2,1-3H3,(H,24,25)(H,26,32)(H,30,31)/t18-,20-/m0/s1. The SMILES string of the molecule is Cc1[nH]cnc1CN1CCN(C(=O)N[C@@H](CC(C)C)C(=O)O)[C@@H](Cc2ccccc2)C1=O. The first-order valence-corrected chi connectivity index (χ1v) is 10.9. The van der Waals surface area contributed by atoms with Crippen LogP contribution in [0, 0.1) is 12.8 Å². The van der Waals surface area contributed by atoms with Crippen LogP contribution >= 0.6 is 0 Å². The van der Waals surface area contributed by atoms with Crippen molar-refractivity contribution >= 4 is 17.9 Å². The molecule has 3 rings (SSSR count). The van der Waals surface area contributed by atoms with Crippen molar-refractivity contribution in [2.24, 2.45) is 5.92 Å². The van der Waals surface area contributed by atoms with Crippen molar-refractivity contribution in [3.05, 3.63) is 53.6 Å². The molecular weight excluding hydrogens is 410 g/mol. The molecule has 1 aliphatic heterocycles. The number of rotatable bonds is 8. The van der Waals surface area contributed by atoms with E-state index in [4.69, 9.17) is 0 Å². The second-order valence-corrected chi connectivity index (χ2v) is 8.60. The van der Waals surface area contributed by atoms with Gasteiger partial charge in [-0.2, -0.15) is 0 Å². The van der Waals surface area contributed by atoms with E-state index in [1.807, 2.05) is 51.1 Å². The number of aliphatic carboxylic acids is 1. The van der Waals surface area contributed by atoms with Gasteiger partial charge in [0.2, 0.25) is 5.91 Å². The molecule has 0 spiro atoms. The van der Waals surface area contributed by atoms with Gasteiger partial charge in [0.1, 0.15) is 12.1 Å².